The van der Waals surface area contributed by atoms with Gasteiger partial charge in [0.1, 0.15) is 0 Å². The molecule has 1 aromatic heterocycles. The van der Waals surface area contributed by atoms with Crippen molar-refractivity contribution in [1.29, 1.82) is 0 Å². The Morgan fingerprint density at radius 3 is 2.56 bits per heavy atom. The van der Waals surface area contributed by atoms with Crippen LogP contribution in [0.5, 0.6) is 0 Å². The first kappa shape index (κ1) is 13.4. The Labute approximate surface area is 114 Å². The topological polar surface area (TPSA) is 12.9 Å². The number of nitrogens with zero attached hydrogens (tertiary/aromatic N) is 1. The second-order valence-electron chi connectivity index (χ2n) is 5.80. The van der Waals surface area contributed by atoms with E-state index < -0.39 is 0 Å². The summed E-state index contributed by atoms with van der Waals surface area (Å²) in [7, 11) is 0. The Kier molecular flexibility index (Phi) is 3.63. The molecule has 2 heteroatoms. The number of pyridine rings is 1. The molecule has 0 bridgehead atoms. The average Bonchev–Trinajstić information content (AvgIpc) is 2.29. The molecule has 0 atom stereocenters. The van der Waals surface area contributed by atoms with Crippen LogP contribution >= 0.6 is 11.6 Å². The van der Waals surface area contributed by atoms with E-state index in [1.165, 1.54) is 5.56 Å². The van der Waals surface area contributed by atoms with Gasteiger partial charge in [0.25, 0.3) is 0 Å². The summed E-state index contributed by atoms with van der Waals surface area (Å²) in [5, 5.41) is 1.87. The van der Waals surface area contributed by atoms with E-state index in [1.54, 1.807) is 0 Å². The zero-order valence-corrected chi connectivity index (χ0v) is 12.3. The van der Waals surface area contributed by atoms with Gasteiger partial charge >= 0.3 is 0 Å². The van der Waals surface area contributed by atoms with Crippen molar-refractivity contribution in [2.24, 2.45) is 0 Å². The fourth-order valence-corrected chi connectivity index (χ4v) is 2.38. The molecule has 0 spiro atoms. The molecule has 2 rings (SSSR count). The molecule has 1 nitrogen and oxygen atoms in total. The van der Waals surface area contributed by atoms with Crippen molar-refractivity contribution < 1.29 is 0 Å². The Hall–Kier alpha value is -1.08. The summed E-state index contributed by atoms with van der Waals surface area (Å²) in [6.07, 6.45) is 2.17. The van der Waals surface area contributed by atoms with E-state index in [1.807, 2.05) is 6.07 Å². The Bertz CT molecular complexity index is 567. The van der Waals surface area contributed by atoms with Crippen LogP contribution in [0.25, 0.3) is 10.9 Å². The maximum atomic E-state index is 6.40. The molecular weight excluding hydrogens is 242 g/mol. The number of rotatable bonds is 2. The van der Waals surface area contributed by atoms with Crippen molar-refractivity contribution in [2.75, 3.05) is 0 Å². The van der Waals surface area contributed by atoms with E-state index in [9.17, 15) is 0 Å². The van der Waals surface area contributed by atoms with Crippen LogP contribution in [0.15, 0.2) is 24.3 Å². The van der Waals surface area contributed by atoms with Gasteiger partial charge in [0.15, 0.2) is 0 Å². The minimum Gasteiger partial charge on any atom is -0.252 e. The fourth-order valence-electron chi connectivity index (χ4n) is 2.12. The molecule has 1 heterocycles. The minimum absolute atomic E-state index is 0.0250. The highest BCUT2D eigenvalue weighted by molar-refractivity contribution is 6.35. The molecule has 0 saturated heterocycles. The molecule has 0 aliphatic rings. The standard InChI is InChI=1S/C16H20ClN/c1-5-7-11-8-6-9-12-13(17)10-14(16(2,3)4)18-15(11)12/h6,8-10H,5,7H2,1-4H3. The second kappa shape index (κ2) is 4.89. The normalized spacial score (nSPS) is 12.1. The van der Waals surface area contributed by atoms with E-state index in [-0.39, 0.29) is 5.41 Å². The number of hydrogen-bond acceptors (Lipinski definition) is 1. The van der Waals surface area contributed by atoms with E-state index in [0.717, 1.165) is 34.5 Å². The number of hydrogen-bond donors (Lipinski definition) is 0. The largest absolute Gasteiger partial charge is 0.252 e. The van der Waals surface area contributed by atoms with Crippen LogP contribution in [-0.4, -0.2) is 4.98 Å². The Morgan fingerprint density at radius 2 is 1.94 bits per heavy atom. The lowest BCUT2D eigenvalue weighted by Crippen LogP contribution is -2.13. The Morgan fingerprint density at radius 1 is 1.22 bits per heavy atom. The lowest BCUT2D eigenvalue weighted by atomic mass is 9.91. The quantitative estimate of drug-likeness (QED) is 0.730. The third-order valence-corrected chi connectivity index (χ3v) is 3.47. The van der Waals surface area contributed by atoms with Gasteiger partial charge in [-0.2, -0.15) is 0 Å². The number of aromatic nitrogens is 1. The average molecular weight is 262 g/mol. The molecule has 0 unspecified atom stereocenters. The van der Waals surface area contributed by atoms with Gasteiger partial charge in [-0.3, -0.25) is 4.98 Å². The van der Waals surface area contributed by atoms with E-state index in [4.69, 9.17) is 16.6 Å². The van der Waals surface area contributed by atoms with Crippen molar-refractivity contribution in [3.05, 3.63) is 40.5 Å². The van der Waals surface area contributed by atoms with Crippen molar-refractivity contribution in [3.63, 3.8) is 0 Å². The van der Waals surface area contributed by atoms with Gasteiger partial charge in [0.2, 0.25) is 0 Å². The zero-order valence-electron chi connectivity index (χ0n) is 11.5. The van der Waals surface area contributed by atoms with Gasteiger partial charge in [-0.25, -0.2) is 0 Å². The number of halogens is 1. The first-order valence-corrected chi connectivity index (χ1v) is 6.90. The van der Waals surface area contributed by atoms with E-state index >= 15 is 0 Å². The van der Waals surface area contributed by atoms with Crippen LogP contribution in [0.1, 0.15) is 45.4 Å². The molecule has 0 saturated carbocycles. The van der Waals surface area contributed by atoms with Crippen LogP contribution in [0.2, 0.25) is 5.02 Å². The van der Waals surface area contributed by atoms with Gasteiger partial charge in [-0.1, -0.05) is 63.9 Å². The van der Waals surface area contributed by atoms with Crippen molar-refractivity contribution in [1.82, 2.24) is 4.98 Å². The molecule has 0 fully saturated rings. The minimum atomic E-state index is 0.0250. The van der Waals surface area contributed by atoms with E-state index in [2.05, 4.69) is 45.9 Å². The third-order valence-electron chi connectivity index (χ3n) is 3.16. The van der Waals surface area contributed by atoms with E-state index in [0.29, 0.717) is 0 Å². The number of fused-ring (bicyclic) bond motifs is 1. The predicted molar refractivity (Wildman–Crippen MR) is 79.4 cm³/mol. The van der Waals surface area contributed by atoms with Crippen molar-refractivity contribution in [2.45, 2.75) is 46.0 Å². The maximum absolute atomic E-state index is 6.40. The molecule has 1 aromatic carbocycles. The molecule has 0 amide bonds. The molecule has 0 aliphatic carbocycles. The summed E-state index contributed by atoms with van der Waals surface area (Å²) in [5.41, 5.74) is 3.44. The van der Waals surface area contributed by atoms with Gasteiger partial charge in [0.05, 0.1) is 10.5 Å². The fraction of sp³-hybridized carbons (Fsp3) is 0.438. The maximum Gasteiger partial charge on any atom is 0.0752 e. The van der Waals surface area contributed by atoms with Gasteiger partial charge < -0.3 is 0 Å². The highest BCUT2D eigenvalue weighted by Crippen LogP contribution is 2.30. The summed E-state index contributed by atoms with van der Waals surface area (Å²) in [6.45, 7) is 8.69. The summed E-state index contributed by atoms with van der Waals surface area (Å²) in [6, 6.07) is 8.27. The first-order valence-electron chi connectivity index (χ1n) is 6.52. The predicted octanol–water partition coefficient (Wildman–Crippen LogP) is 5.14. The van der Waals surface area contributed by atoms with Crippen LogP contribution in [0.4, 0.5) is 0 Å². The smallest absolute Gasteiger partial charge is 0.0752 e. The molecule has 0 aliphatic heterocycles. The van der Waals surface area contributed by atoms with Crippen molar-refractivity contribution >= 4 is 22.5 Å². The highest BCUT2D eigenvalue weighted by atomic mass is 35.5. The lowest BCUT2D eigenvalue weighted by molar-refractivity contribution is 0.571. The SMILES string of the molecule is CCCc1cccc2c(Cl)cc(C(C)(C)C)nc12. The molecule has 18 heavy (non-hydrogen) atoms. The molecule has 0 N–H and O–H groups in total. The number of benzene rings is 1. The summed E-state index contributed by atoms with van der Waals surface area (Å²) in [4.78, 5) is 4.84. The third kappa shape index (κ3) is 2.51. The van der Waals surface area contributed by atoms with Crippen LogP contribution in [0.3, 0.4) is 0 Å². The summed E-state index contributed by atoms with van der Waals surface area (Å²) < 4.78 is 0. The van der Waals surface area contributed by atoms with Gasteiger partial charge in [-0.15, -0.1) is 0 Å². The van der Waals surface area contributed by atoms with Crippen LogP contribution < -0.4 is 0 Å². The Balaban J connectivity index is 2.72. The van der Waals surface area contributed by atoms with Gasteiger partial charge in [0, 0.05) is 16.5 Å². The summed E-state index contributed by atoms with van der Waals surface area (Å²) >= 11 is 6.40. The number of aryl methyl sites for hydroxylation is 1. The van der Waals surface area contributed by atoms with Crippen LogP contribution in [-0.2, 0) is 11.8 Å². The number of para-hydroxylation sites is 1. The summed E-state index contributed by atoms with van der Waals surface area (Å²) in [5.74, 6) is 0. The van der Waals surface area contributed by atoms with Crippen LogP contribution in [0, 0.1) is 0 Å². The van der Waals surface area contributed by atoms with Crippen molar-refractivity contribution in [3.8, 4) is 0 Å². The molecule has 96 valence electrons. The van der Waals surface area contributed by atoms with Gasteiger partial charge in [-0.05, 0) is 18.1 Å². The molecular formula is C16H20ClN. The zero-order chi connectivity index (χ0) is 13.3. The first-order chi connectivity index (χ1) is 8.43. The monoisotopic (exact) mass is 261 g/mol. The second-order valence-corrected chi connectivity index (χ2v) is 6.21. The highest BCUT2D eigenvalue weighted by Gasteiger charge is 2.18. The lowest BCUT2D eigenvalue weighted by Gasteiger charge is -2.19. The molecule has 0 radical (unpaired) electrons. The molecule has 2 aromatic rings.